The second-order valence-electron chi connectivity index (χ2n) is 2.78. The van der Waals surface area contributed by atoms with E-state index in [1.807, 2.05) is 12.1 Å². The first-order chi connectivity index (χ1) is 6.81. The number of hydrogen-bond acceptors (Lipinski definition) is 4. The van der Waals surface area contributed by atoms with Crippen molar-refractivity contribution in [3.8, 4) is 5.88 Å². The van der Waals surface area contributed by atoms with Crippen molar-refractivity contribution in [2.45, 2.75) is 12.7 Å². The van der Waals surface area contributed by atoms with Gasteiger partial charge in [0.2, 0.25) is 5.88 Å². The summed E-state index contributed by atoms with van der Waals surface area (Å²) in [5.41, 5.74) is 0.976. The average Bonchev–Trinajstić information content (AvgIpc) is 2.26. The van der Waals surface area contributed by atoms with Crippen molar-refractivity contribution in [3.05, 3.63) is 23.9 Å². The van der Waals surface area contributed by atoms with Gasteiger partial charge in [-0.25, -0.2) is 4.98 Å². The van der Waals surface area contributed by atoms with Crippen LogP contribution >= 0.6 is 0 Å². The van der Waals surface area contributed by atoms with Crippen LogP contribution in [0.4, 0.5) is 0 Å². The van der Waals surface area contributed by atoms with E-state index in [1.165, 1.54) is 0 Å². The average molecular weight is 197 g/mol. The molecule has 1 heterocycles. The van der Waals surface area contributed by atoms with Crippen LogP contribution < -0.4 is 4.74 Å². The van der Waals surface area contributed by atoms with Gasteiger partial charge in [0.05, 0.1) is 7.11 Å². The molecule has 0 aliphatic heterocycles. The molecule has 0 unspecified atom stereocenters. The zero-order valence-electron chi connectivity index (χ0n) is 8.69. The molecule has 0 saturated heterocycles. The first kappa shape index (κ1) is 10.9. The van der Waals surface area contributed by atoms with Gasteiger partial charge in [0.1, 0.15) is 0 Å². The quantitative estimate of drug-likeness (QED) is 0.666. The molecule has 1 rings (SSSR count). The number of ether oxygens (including phenoxy) is 3. The molecular formula is C10H15NO3. The van der Waals surface area contributed by atoms with Crippen LogP contribution in [0.2, 0.25) is 0 Å². The molecule has 14 heavy (non-hydrogen) atoms. The van der Waals surface area contributed by atoms with Crippen molar-refractivity contribution in [1.29, 1.82) is 0 Å². The Morgan fingerprint density at radius 1 is 1.29 bits per heavy atom. The van der Waals surface area contributed by atoms with Crippen LogP contribution in [-0.4, -0.2) is 32.6 Å². The minimum atomic E-state index is -0.256. The van der Waals surface area contributed by atoms with Crippen LogP contribution in [0, 0.1) is 0 Å². The van der Waals surface area contributed by atoms with Crippen LogP contribution in [0.5, 0.6) is 5.88 Å². The molecule has 0 saturated carbocycles. The van der Waals surface area contributed by atoms with Gasteiger partial charge in [-0.3, -0.25) is 0 Å². The van der Waals surface area contributed by atoms with Gasteiger partial charge in [0, 0.05) is 32.4 Å². The Kier molecular flexibility index (Phi) is 4.35. The fraction of sp³-hybridized carbons (Fsp3) is 0.500. The lowest BCUT2D eigenvalue weighted by Gasteiger charge is -2.14. The van der Waals surface area contributed by atoms with Crippen LogP contribution in [-0.2, 0) is 15.9 Å². The Balaban J connectivity index is 2.74. The summed E-state index contributed by atoms with van der Waals surface area (Å²) in [6, 6.07) is 3.80. The predicted molar refractivity (Wildman–Crippen MR) is 52.3 cm³/mol. The summed E-state index contributed by atoms with van der Waals surface area (Å²) in [6.45, 7) is 0. The van der Waals surface area contributed by atoms with E-state index in [4.69, 9.17) is 14.2 Å². The molecule has 1 aromatic heterocycles. The maximum Gasteiger partial charge on any atom is 0.216 e. The Morgan fingerprint density at radius 3 is 2.57 bits per heavy atom. The minimum absolute atomic E-state index is 0.256. The third kappa shape index (κ3) is 2.68. The SMILES string of the molecule is COc1ncccc1CC(OC)OC. The smallest absolute Gasteiger partial charge is 0.216 e. The summed E-state index contributed by atoms with van der Waals surface area (Å²) in [5.74, 6) is 0.617. The van der Waals surface area contributed by atoms with Gasteiger partial charge in [-0.1, -0.05) is 6.07 Å². The summed E-state index contributed by atoms with van der Waals surface area (Å²) >= 11 is 0. The molecule has 0 amide bonds. The zero-order valence-corrected chi connectivity index (χ0v) is 8.69. The molecule has 0 aliphatic rings. The molecule has 0 bridgehead atoms. The van der Waals surface area contributed by atoms with Crippen LogP contribution in [0.15, 0.2) is 18.3 Å². The zero-order chi connectivity index (χ0) is 10.4. The van der Waals surface area contributed by atoms with E-state index in [-0.39, 0.29) is 6.29 Å². The molecular weight excluding hydrogens is 182 g/mol. The Hall–Kier alpha value is -1.13. The fourth-order valence-electron chi connectivity index (χ4n) is 1.21. The van der Waals surface area contributed by atoms with Gasteiger partial charge in [-0.05, 0) is 6.07 Å². The van der Waals surface area contributed by atoms with E-state index in [0.29, 0.717) is 12.3 Å². The lowest BCUT2D eigenvalue weighted by atomic mass is 10.2. The van der Waals surface area contributed by atoms with E-state index in [0.717, 1.165) is 5.56 Å². The molecule has 1 aromatic rings. The standard InChI is InChI=1S/C10H15NO3/c1-12-9(13-2)7-8-5-4-6-11-10(8)14-3/h4-6,9H,7H2,1-3H3. The second-order valence-corrected chi connectivity index (χ2v) is 2.78. The fourth-order valence-corrected chi connectivity index (χ4v) is 1.21. The molecule has 0 N–H and O–H groups in total. The Bertz CT molecular complexity index is 274. The number of rotatable bonds is 5. The van der Waals surface area contributed by atoms with Crippen molar-refractivity contribution >= 4 is 0 Å². The molecule has 0 aromatic carbocycles. The maximum atomic E-state index is 5.11. The number of hydrogen-bond donors (Lipinski definition) is 0. The van der Waals surface area contributed by atoms with Crippen LogP contribution in [0.3, 0.4) is 0 Å². The number of methoxy groups -OCH3 is 3. The van der Waals surface area contributed by atoms with Gasteiger partial charge >= 0.3 is 0 Å². The van der Waals surface area contributed by atoms with E-state index < -0.39 is 0 Å². The van der Waals surface area contributed by atoms with Gasteiger partial charge in [-0.2, -0.15) is 0 Å². The number of nitrogens with zero attached hydrogens (tertiary/aromatic N) is 1. The third-order valence-electron chi connectivity index (χ3n) is 1.96. The highest BCUT2D eigenvalue weighted by atomic mass is 16.7. The monoisotopic (exact) mass is 197 g/mol. The van der Waals surface area contributed by atoms with Crippen molar-refractivity contribution in [3.63, 3.8) is 0 Å². The van der Waals surface area contributed by atoms with Crippen molar-refractivity contribution in [1.82, 2.24) is 4.98 Å². The maximum absolute atomic E-state index is 5.11. The first-order valence-corrected chi connectivity index (χ1v) is 4.35. The highest BCUT2D eigenvalue weighted by Gasteiger charge is 2.10. The summed E-state index contributed by atoms with van der Waals surface area (Å²) in [4.78, 5) is 4.09. The first-order valence-electron chi connectivity index (χ1n) is 4.35. The molecule has 0 spiro atoms. The number of aromatic nitrogens is 1. The van der Waals surface area contributed by atoms with Crippen molar-refractivity contribution in [2.75, 3.05) is 21.3 Å². The molecule has 0 aliphatic carbocycles. The largest absolute Gasteiger partial charge is 0.481 e. The number of pyridine rings is 1. The van der Waals surface area contributed by atoms with Crippen molar-refractivity contribution in [2.24, 2.45) is 0 Å². The summed E-state index contributed by atoms with van der Waals surface area (Å²) in [7, 11) is 4.81. The van der Waals surface area contributed by atoms with Crippen LogP contribution in [0.25, 0.3) is 0 Å². The van der Waals surface area contributed by atoms with Gasteiger partial charge in [0.15, 0.2) is 6.29 Å². The van der Waals surface area contributed by atoms with E-state index in [2.05, 4.69) is 4.98 Å². The van der Waals surface area contributed by atoms with Crippen LogP contribution in [0.1, 0.15) is 5.56 Å². The molecule has 4 nitrogen and oxygen atoms in total. The van der Waals surface area contributed by atoms with Gasteiger partial charge in [-0.15, -0.1) is 0 Å². The lowest BCUT2D eigenvalue weighted by Crippen LogP contribution is -2.16. The van der Waals surface area contributed by atoms with Gasteiger partial charge in [0.25, 0.3) is 0 Å². The minimum Gasteiger partial charge on any atom is -0.481 e. The van der Waals surface area contributed by atoms with Crippen molar-refractivity contribution < 1.29 is 14.2 Å². The highest BCUT2D eigenvalue weighted by Crippen LogP contribution is 2.16. The summed E-state index contributed by atoms with van der Waals surface area (Å²) in [5, 5.41) is 0. The summed E-state index contributed by atoms with van der Waals surface area (Å²) in [6.07, 6.45) is 2.06. The molecule has 0 radical (unpaired) electrons. The molecule has 78 valence electrons. The third-order valence-corrected chi connectivity index (χ3v) is 1.96. The molecule has 4 heteroatoms. The molecule has 0 atom stereocenters. The Labute approximate surface area is 83.8 Å². The normalized spacial score (nSPS) is 10.6. The second kappa shape index (κ2) is 5.57. The van der Waals surface area contributed by atoms with Gasteiger partial charge < -0.3 is 14.2 Å². The molecule has 0 fully saturated rings. The highest BCUT2D eigenvalue weighted by molar-refractivity contribution is 5.25. The van der Waals surface area contributed by atoms with E-state index in [1.54, 1.807) is 27.5 Å². The Morgan fingerprint density at radius 2 is 2.00 bits per heavy atom. The summed E-state index contributed by atoms with van der Waals surface area (Å²) < 4.78 is 15.3. The topological polar surface area (TPSA) is 40.6 Å². The van der Waals surface area contributed by atoms with E-state index >= 15 is 0 Å². The predicted octanol–water partition coefficient (Wildman–Crippen LogP) is 1.25. The van der Waals surface area contributed by atoms with E-state index in [9.17, 15) is 0 Å². The lowest BCUT2D eigenvalue weighted by molar-refractivity contribution is -0.100.